The van der Waals surface area contributed by atoms with Crippen LogP contribution in [0.4, 0.5) is 5.69 Å². The highest BCUT2D eigenvalue weighted by molar-refractivity contribution is 5.83. The molecule has 2 rings (SSSR count). The van der Waals surface area contributed by atoms with Crippen molar-refractivity contribution >= 4 is 17.6 Å². The van der Waals surface area contributed by atoms with Gasteiger partial charge in [0, 0.05) is 24.0 Å². The van der Waals surface area contributed by atoms with Crippen LogP contribution in [0.25, 0.3) is 0 Å². The van der Waals surface area contributed by atoms with Crippen molar-refractivity contribution < 1.29 is 14.3 Å². The predicted molar refractivity (Wildman–Crippen MR) is 71.8 cm³/mol. The van der Waals surface area contributed by atoms with Gasteiger partial charge in [-0.3, -0.25) is 14.4 Å². The zero-order chi connectivity index (χ0) is 14.7. The van der Waals surface area contributed by atoms with Crippen LogP contribution in [0, 0.1) is 0 Å². The van der Waals surface area contributed by atoms with E-state index in [4.69, 9.17) is 10.5 Å². The van der Waals surface area contributed by atoms with Crippen molar-refractivity contribution in [3.05, 3.63) is 28.7 Å². The lowest BCUT2D eigenvalue weighted by atomic mass is 10.3. The molecular formula is C13H17N3O4. The molecular weight excluding hydrogens is 262 g/mol. The highest BCUT2D eigenvalue weighted by Crippen LogP contribution is 2.18. The number of rotatable bonds is 5. The Balaban J connectivity index is 1.89. The summed E-state index contributed by atoms with van der Waals surface area (Å²) < 4.78 is 6.13. The molecule has 0 saturated heterocycles. The summed E-state index contributed by atoms with van der Waals surface area (Å²) in [5.74, 6) is -0.975. The fraction of sp³-hybridized carbons (Fsp3) is 0.462. The number of nitrogen functional groups attached to an aromatic ring is 1. The van der Waals surface area contributed by atoms with Crippen LogP contribution in [0.3, 0.4) is 0 Å². The monoisotopic (exact) mass is 279 g/mol. The van der Waals surface area contributed by atoms with E-state index < -0.39 is 12.1 Å². The molecule has 7 nitrogen and oxygen atoms in total. The number of hydrogen-bond acceptors (Lipinski definition) is 5. The molecule has 1 unspecified atom stereocenters. The first-order valence-electron chi connectivity index (χ1n) is 6.41. The topological polar surface area (TPSA) is 103 Å². The first kappa shape index (κ1) is 14.1. The first-order valence-corrected chi connectivity index (χ1v) is 6.41. The van der Waals surface area contributed by atoms with Gasteiger partial charge in [0.15, 0.2) is 6.10 Å². The van der Waals surface area contributed by atoms with Gasteiger partial charge in [-0.05, 0) is 25.8 Å². The van der Waals surface area contributed by atoms with E-state index in [1.54, 1.807) is 0 Å². The highest BCUT2D eigenvalue weighted by Gasteiger charge is 2.27. The number of nitrogens with one attached hydrogen (secondary N) is 1. The quantitative estimate of drug-likeness (QED) is 0.716. The van der Waals surface area contributed by atoms with Crippen LogP contribution in [0.5, 0.6) is 0 Å². The summed E-state index contributed by atoms with van der Waals surface area (Å²) in [5, 5.41) is 2.74. The summed E-state index contributed by atoms with van der Waals surface area (Å²) >= 11 is 0. The van der Waals surface area contributed by atoms with E-state index in [2.05, 4.69) is 5.32 Å². The van der Waals surface area contributed by atoms with E-state index in [1.165, 1.54) is 25.3 Å². The fourth-order valence-electron chi connectivity index (χ4n) is 1.65. The molecule has 0 radical (unpaired) electrons. The number of nitrogens with two attached hydrogens (primary N) is 1. The third kappa shape index (κ3) is 3.84. The maximum absolute atomic E-state index is 11.7. The molecule has 0 aromatic carbocycles. The molecule has 1 atom stereocenters. The lowest BCUT2D eigenvalue weighted by molar-refractivity contribution is -0.155. The van der Waals surface area contributed by atoms with E-state index in [1.807, 2.05) is 0 Å². The lowest BCUT2D eigenvalue weighted by Crippen LogP contribution is -2.38. The zero-order valence-corrected chi connectivity index (χ0v) is 11.2. The maximum Gasteiger partial charge on any atom is 0.326 e. The molecule has 3 N–H and O–H groups in total. The van der Waals surface area contributed by atoms with E-state index in [0.717, 1.165) is 17.4 Å². The van der Waals surface area contributed by atoms with Crippen LogP contribution < -0.4 is 16.6 Å². The second kappa shape index (κ2) is 5.77. The molecule has 1 heterocycles. The minimum absolute atomic E-state index is 0.209. The number of nitrogens with zero attached hydrogens (tertiary/aromatic N) is 1. The van der Waals surface area contributed by atoms with Crippen LogP contribution in [-0.2, 0) is 20.9 Å². The summed E-state index contributed by atoms with van der Waals surface area (Å²) in [6, 6.07) is 2.93. The molecule has 7 heteroatoms. The molecule has 108 valence electrons. The molecule has 0 spiro atoms. The molecule has 1 saturated carbocycles. The Morgan fingerprint density at radius 1 is 1.50 bits per heavy atom. The molecule has 1 aromatic heterocycles. The van der Waals surface area contributed by atoms with Crippen molar-refractivity contribution in [3.8, 4) is 0 Å². The Labute approximate surface area is 115 Å². The third-order valence-electron chi connectivity index (χ3n) is 2.91. The van der Waals surface area contributed by atoms with Crippen molar-refractivity contribution in [2.75, 3.05) is 5.73 Å². The molecule has 0 bridgehead atoms. The van der Waals surface area contributed by atoms with Gasteiger partial charge < -0.3 is 20.4 Å². The van der Waals surface area contributed by atoms with E-state index in [0.29, 0.717) is 5.69 Å². The summed E-state index contributed by atoms with van der Waals surface area (Å²) in [5.41, 5.74) is 5.56. The lowest BCUT2D eigenvalue weighted by Gasteiger charge is -2.13. The first-order chi connectivity index (χ1) is 9.45. The van der Waals surface area contributed by atoms with Gasteiger partial charge in [0.05, 0.1) is 0 Å². The fourth-order valence-corrected chi connectivity index (χ4v) is 1.65. The van der Waals surface area contributed by atoms with Crippen molar-refractivity contribution in [3.63, 3.8) is 0 Å². The van der Waals surface area contributed by atoms with Gasteiger partial charge in [-0.25, -0.2) is 0 Å². The number of hydrogen-bond donors (Lipinski definition) is 2. The Hall–Kier alpha value is -2.31. The minimum atomic E-state index is -0.875. The number of carbonyl (C=O) groups is 2. The van der Waals surface area contributed by atoms with Gasteiger partial charge in [-0.15, -0.1) is 0 Å². The van der Waals surface area contributed by atoms with Gasteiger partial charge in [0.2, 0.25) is 0 Å². The number of pyridine rings is 1. The predicted octanol–water partition coefficient (Wildman–Crippen LogP) is -0.359. The number of amides is 1. The summed E-state index contributed by atoms with van der Waals surface area (Å²) in [4.78, 5) is 34.8. The van der Waals surface area contributed by atoms with Crippen molar-refractivity contribution in [2.45, 2.75) is 38.5 Å². The van der Waals surface area contributed by atoms with Crippen molar-refractivity contribution in [2.24, 2.45) is 0 Å². The zero-order valence-electron chi connectivity index (χ0n) is 11.2. The maximum atomic E-state index is 11.7. The van der Waals surface area contributed by atoms with Crippen LogP contribution in [-0.4, -0.2) is 28.6 Å². The SMILES string of the molecule is CC(OC(=O)Cn1cc(N)ccc1=O)C(=O)NC1CC1. The second-order valence-electron chi connectivity index (χ2n) is 4.84. The average molecular weight is 279 g/mol. The van der Waals surface area contributed by atoms with E-state index >= 15 is 0 Å². The Bertz CT molecular complexity index is 577. The second-order valence-corrected chi connectivity index (χ2v) is 4.84. The Kier molecular flexibility index (Phi) is 4.07. The summed E-state index contributed by atoms with van der Waals surface area (Å²) in [7, 11) is 0. The van der Waals surface area contributed by atoms with Gasteiger partial charge in [0.1, 0.15) is 6.54 Å². The van der Waals surface area contributed by atoms with Crippen LogP contribution in [0.15, 0.2) is 23.1 Å². The Morgan fingerprint density at radius 2 is 2.20 bits per heavy atom. The summed E-state index contributed by atoms with van der Waals surface area (Å²) in [6.07, 6.45) is 2.41. The number of ether oxygens (including phenoxy) is 1. The van der Waals surface area contributed by atoms with Gasteiger partial charge in [0.25, 0.3) is 11.5 Å². The van der Waals surface area contributed by atoms with Gasteiger partial charge >= 0.3 is 5.97 Å². The number of anilines is 1. The Morgan fingerprint density at radius 3 is 2.85 bits per heavy atom. The molecule has 20 heavy (non-hydrogen) atoms. The molecule has 1 amide bonds. The van der Waals surface area contributed by atoms with Crippen LogP contribution >= 0.6 is 0 Å². The number of esters is 1. The number of aromatic nitrogens is 1. The minimum Gasteiger partial charge on any atom is -0.451 e. The molecule has 0 aliphatic heterocycles. The van der Waals surface area contributed by atoms with Crippen molar-refractivity contribution in [1.82, 2.24) is 9.88 Å². The molecule has 1 aromatic rings. The molecule has 1 aliphatic rings. The van der Waals surface area contributed by atoms with Crippen LogP contribution in [0.2, 0.25) is 0 Å². The standard InChI is InChI=1S/C13H17N3O4/c1-8(13(19)15-10-3-4-10)20-12(18)7-16-6-9(14)2-5-11(16)17/h2,5-6,8,10H,3-4,7,14H2,1H3,(H,15,19). The smallest absolute Gasteiger partial charge is 0.326 e. The van der Waals surface area contributed by atoms with E-state index in [9.17, 15) is 14.4 Å². The highest BCUT2D eigenvalue weighted by atomic mass is 16.5. The number of carbonyl (C=O) groups excluding carboxylic acids is 2. The average Bonchev–Trinajstić information content (AvgIpc) is 3.17. The largest absolute Gasteiger partial charge is 0.451 e. The van der Waals surface area contributed by atoms with Gasteiger partial charge in [-0.2, -0.15) is 0 Å². The van der Waals surface area contributed by atoms with Crippen LogP contribution in [0.1, 0.15) is 19.8 Å². The summed E-state index contributed by atoms with van der Waals surface area (Å²) in [6.45, 7) is 1.22. The van der Waals surface area contributed by atoms with Gasteiger partial charge in [-0.1, -0.05) is 0 Å². The third-order valence-corrected chi connectivity index (χ3v) is 2.91. The molecule has 1 aliphatic carbocycles. The normalized spacial score (nSPS) is 15.4. The van der Waals surface area contributed by atoms with E-state index in [-0.39, 0.29) is 24.1 Å². The van der Waals surface area contributed by atoms with Crippen molar-refractivity contribution in [1.29, 1.82) is 0 Å². The molecule has 1 fully saturated rings.